The Labute approximate surface area is 64.2 Å². The van der Waals surface area contributed by atoms with Crippen LogP contribution < -0.4 is 11.2 Å². The molecule has 0 aliphatic rings. The highest BCUT2D eigenvalue weighted by Gasteiger charge is 1.99. The first-order valence-corrected chi connectivity index (χ1v) is 3.00. The SMILES string of the molecule is C=CC(=O)CCNC(=O)ON. The standard InChI is InChI=1S/C6H10N2O3/c1-2-5(9)3-4-8-6(10)11-7/h2H,1,3-4,7H2,(H,8,10). The highest BCUT2D eigenvalue weighted by molar-refractivity contribution is 5.89. The van der Waals surface area contributed by atoms with Crippen molar-refractivity contribution in [3.63, 3.8) is 0 Å². The van der Waals surface area contributed by atoms with Gasteiger partial charge in [-0.1, -0.05) is 6.58 Å². The van der Waals surface area contributed by atoms with Crippen LogP contribution in [0, 0.1) is 0 Å². The third-order valence-corrected chi connectivity index (χ3v) is 0.975. The zero-order valence-corrected chi connectivity index (χ0v) is 6.00. The van der Waals surface area contributed by atoms with Crippen molar-refractivity contribution in [1.29, 1.82) is 0 Å². The van der Waals surface area contributed by atoms with Crippen molar-refractivity contribution in [2.24, 2.45) is 5.90 Å². The lowest BCUT2D eigenvalue weighted by molar-refractivity contribution is -0.114. The van der Waals surface area contributed by atoms with Gasteiger partial charge in [-0.2, -0.15) is 5.90 Å². The average molecular weight is 158 g/mol. The summed E-state index contributed by atoms with van der Waals surface area (Å²) >= 11 is 0. The molecule has 11 heavy (non-hydrogen) atoms. The lowest BCUT2D eigenvalue weighted by Gasteiger charge is -1.99. The van der Waals surface area contributed by atoms with E-state index in [1.165, 1.54) is 6.08 Å². The van der Waals surface area contributed by atoms with Gasteiger partial charge in [0.1, 0.15) is 0 Å². The molecule has 0 aromatic rings. The van der Waals surface area contributed by atoms with Crippen molar-refractivity contribution < 1.29 is 14.4 Å². The van der Waals surface area contributed by atoms with Crippen molar-refractivity contribution in [2.75, 3.05) is 6.54 Å². The molecule has 0 aromatic carbocycles. The molecule has 5 nitrogen and oxygen atoms in total. The number of hydrogen-bond acceptors (Lipinski definition) is 4. The molecular formula is C6H10N2O3. The molecule has 0 atom stereocenters. The number of hydrogen-bond donors (Lipinski definition) is 2. The minimum absolute atomic E-state index is 0.137. The van der Waals surface area contributed by atoms with E-state index in [9.17, 15) is 9.59 Å². The largest absolute Gasteiger partial charge is 0.425 e. The van der Waals surface area contributed by atoms with Crippen molar-refractivity contribution >= 4 is 11.9 Å². The van der Waals surface area contributed by atoms with E-state index in [0.29, 0.717) is 0 Å². The number of carbonyl (C=O) groups is 2. The first kappa shape index (κ1) is 9.64. The fraction of sp³-hybridized carbons (Fsp3) is 0.333. The molecule has 0 saturated carbocycles. The summed E-state index contributed by atoms with van der Waals surface area (Å²) < 4.78 is 0. The Morgan fingerprint density at radius 1 is 1.64 bits per heavy atom. The van der Waals surface area contributed by atoms with E-state index in [0.717, 1.165) is 0 Å². The van der Waals surface area contributed by atoms with Gasteiger partial charge in [0.2, 0.25) is 0 Å². The predicted molar refractivity (Wildman–Crippen MR) is 38.5 cm³/mol. The van der Waals surface area contributed by atoms with Gasteiger partial charge in [0.05, 0.1) is 0 Å². The molecule has 0 radical (unpaired) electrons. The zero-order chi connectivity index (χ0) is 8.69. The maximum atomic E-state index is 10.5. The molecule has 0 fully saturated rings. The molecule has 0 heterocycles. The van der Waals surface area contributed by atoms with Gasteiger partial charge in [0.25, 0.3) is 0 Å². The van der Waals surface area contributed by atoms with Gasteiger partial charge in [-0.05, 0) is 6.08 Å². The Kier molecular flexibility index (Phi) is 4.76. The van der Waals surface area contributed by atoms with Crippen molar-refractivity contribution in [2.45, 2.75) is 6.42 Å². The smallest absolute Gasteiger partial charge is 0.357 e. The predicted octanol–water partition coefficient (Wildman–Crippen LogP) is -0.269. The molecular weight excluding hydrogens is 148 g/mol. The Bertz CT molecular complexity index is 167. The Morgan fingerprint density at radius 3 is 2.73 bits per heavy atom. The second-order valence-electron chi connectivity index (χ2n) is 1.75. The number of carbonyl (C=O) groups excluding carboxylic acids is 2. The number of nitrogens with two attached hydrogens (primary N) is 1. The molecule has 0 aliphatic carbocycles. The van der Waals surface area contributed by atoms with Crippen LogP contribution in [0.5, 0.6) is 0 Å². The molecule has 5 heteroatoms. The Hall–Kier alpha value is -1.36. The summed E-state index contributed by atoms with van der Waals surface area (Å²) in [6.45, 7) is 3.47. The van der Waals surface area contributed by atoms with Crippen LogP contribution in [0.25, 0.3) is 0 Å². The second kappa shape index (κ2) is 5.43. The number of rotatable bonds is 4. The summed E-state index contributed by atoms with van der Waals surface area (Å²) in [4.78, 5) is 24.6. The second-order valence-corrected chi connectivity index (χ2v) is 1.75. The van der Waals surface area contributed by atoms with Crippen molar-refractivity contribution in [3.8, 4) is 0 Å². The lowest BCUT2D eigenvalue weighted by Crippen LogP contribution is -2.28. The monoisotopic (exact) mass is 158 g/mol. The molecule has 0 unspecified atom stereocenters. The fourth-order valence-corrected chi connectivity index (χ4v) is 0.431. The Balaban J connectivity index is 3.34. The van der Waals surface area contributed by atoms with Crippen molar-refractivity contribution in [1.82, 2.24) is 5.32 Å². The number of nitrogens with one attached hydrogen (secondary N) is 1. The van der Waals surface area contributed by atoms with E-state index in [1.807, 2.05) is 0 Å². The first-order valence-electron chi connectivity index (χ1n) is 3.00. The average Bonchev–Trinajstić information content (AvgIpc) is 2.04. The molecule has 0 aliphatic heterocycles. The molecule has 0 bridgehead atoms. The van der Waals surface area contributed by atoms with Crippen LogP contribution in [-0.4, -0.2) is 18.4 Å². The zero-order valence-electron chi connectivity index (χ0n) is 6.00. The summed E-state index contributed by atoms with van der Waals surface area (Å²) in [6.07, 6.45) is 0.649. The van der Waals surface area contributed by atoms with Crippen LogP contribution >= 0.6 is 0 Å². The van der Waals surface area contributed by atoms with E-state index >= 15 is 0 Å². The molecule has 1 amide bonds. The van der Waals surface area contributed by atoms with E-state index in [1.54, 1.807) is 0 Å². The third-order valence-electron chi connectivity index (χ3n) is 0.975. The highest BCUT2D eigenvalue weighted by Crippen LogP contribution is 1.81. The van der Waals surface area contributed by atoms with Crippen LogP contribution in [-0.2, 0) is 9.63 Å². The lowest BCUT2D eigenvalue weighted by atomic mass is 10.3. The van der Waals surface area contributed by atoms with Gasteiger partial charge in [-0.3, -0.25) is 4.79 Å². The molecule has 0 rings (SSSR count). The van der Waals surface area contributed by atoms with Crippen LogP contribution in [0.15, 0.2) is 12.7 Å². The molecule has 62 valence electrons. The molecule has 0 spiro atoms. The summed E-state index contributed by atoms with van der Waals surface area (Å²) in [7, 11) is 0. The van der Waals surface area contributed by atoms with Gasteiger partial charge in [0.15, 0.2) is 5.78 Å². The number of ketones is 1. The molecule has 0 saturated heterocycles. The maximum absolute atomic E-state index is 10.5. The molecule has 3 N–H and O–H groups in total. The quantitative estimate of drug-likeness (QED) is 0.436. The summed E-state index contributed by atoms with van der Waals surface area (Å²) in [5.41, 5.74) is 0. The first-order chi connectivity index (χ1) is 5.20. The van der Waals surface area contributed by atoms with Gasteiger partial charge in [-0.25, -0.2) is 4.79 Å². The highest BCUT2D eigenvalue weighted by atomic mass is 16.7. The number of allylic oxidation sites excluding steroid dienone is 1. The minimum Gasteiger partial charge on any atom is -0.357 e. The number of amides is 1. The van der Waals surface area contributed by atoms with E-state index in [-0.39, 0.29) is 18.7 Å². The summed E-state index contributed by atoms with van der Waals surface area (Å²) in [5.74, 6) is 4.37. The summed E-state index contributed by atoms with van der Waals surface area (Å²) in [6, 6.07) is 0. The van der Waals surface area contributed by atoms with Gasteiger partial charge >= 0.3 is 6.09 Å². The normalized spacial score (nSPS) is 8.45. The van der Waals surface area contributed by atoms with Gasteiger partial charge in [0, 0.05) is 13.0 Å². The van der Waals surface area contributed by atoms with Gasteiger partial charge in [-0.15, -0.1) is 0 Å². The van der Waals surface area contributed by atoms with Gasteiger partial charge < -0.3 is 10.2 Å². The van der Waals surface area contributed by atoms with Crippen molar-refractivity contribution in [3.05, 3.63) is 12.7 Å². The van der Waals surface area contributed by atoms with Crippen LogP contribution in [0.1, 0.15) is 6.42 Å². The third kappa shape index (κ3) is 5.10. The molecule has 0 aromatic heterocycles. The maximum Gasteiger partial charge on any atom is 0.425 e. The van der Waals surface area contributed by atoms with Crippen LogP contribution in [0.3, 0.4) is 0 Å². The fourth-order valence-electron chi connectivity index (χ4n) is 0.431. The van der Waals surface area contributed by atoms with Crippen LogP contribution in [0.2, 0.25) is 0 Å². The van der Waals surface area contributed by atoms with E-state index in [4.69, 9.17) is 0 Å². The minimum atomic E-state index is -0.748. The van der Waals surface area contributed by atoms with E-state index < -0.39 is 6.09 Å². The topological polar surface area (TPSA) is 81.4 Å². The Morgan fingerprint density at radius 2 is 2.27 bits per heavy atom. The van der Waals surface area contributed by atoms with Crippen LogP contribution in [0.4, 0.5) is 4.79 Å². The van der Waals surface area contributed by atoms with E-state index in [2.05, 4.69) is 22.6 Å². The summed E-state index contributed by atoms with van der Waals surface area (Å²) in [5, 5.41) is 2.24.